The van der Waals surface area contributed by atoms with E-state index in [4.69, 9.17) is 16.8 Å². The number of halogens is 1. The van der Waals surface area contributed by atoms with Crippen molar-refractivity contribution in [1.29, 1.82) is 0 Å². The molecule has 0 aromatic rings. The molecule has 2 rings (SSSR count). The van der Waals surface area contributed by atoms with Crippen LogP contribution in [0.2, 0.25) is 5.02 Å². The van der Waals surface area contributed by atoms with Gasteiger partial charge in [-0.3, -0.25) is 5.21 Å². The lowest BCUT2D eigenvalue weighted by Gasteiger charge is -2.21. The molecule has 2 aliphatic carbocycles. The fraction of sp³-hybridized carbons (Fsp3) is 0. The van der Waals surface area contributed by atoms with Crippen molar-refractivity contribution in [3.8, 4) is 11.1 Å². The molecule has 0 fully saturated rings. The van der Waals surface area contributed by atoms with Crippen molar-refractivity contribution in [2.45, 2.75) is 0 Å². The average Bonchev–Trinajstić information content (AvgIpc) is 2.38. The van der Waals surface area contributed by atoms with Crippen molar-refractivity contribution in [2.75, 3.05) is 5.23 Å². The van der Waals surface area contributed by atoms with Crippen LogP contribution in [0.25, 0.3) is 11.1 Å². The molecular formula is C10H7ClNO2-. The largest absolute Gasteiger partial charge is 0.733 e. The van der Waals surface area contributed by atoms with Gasteiger partial charge in [0.25, 0.3) is 0 Å². The first-order valence-corrected chi connectivity index (χ1v) is 4.41. The minimum atomic E-state index is -0.172. The van der Waals surface area contributed by atoms with Gasteiger partial charge in [0.1, 0.15) is 0 Å². The molecule has 0 radical (unpaired) electrons. The highest BCUT2D eigenvalue weighted by Gasteiger charge is 2.13. The molecule has 0 saturated heterocycles. The Bertz CT molecular complexity index is 431. The van der Waals surface area contributed by atoms with Crippen LogP contribution in [0, 0.1) is 5.21 Å². The fourth-order valence-electron chi connectivity index (χ4n) is 1.41. The van der Waals surface area contributed by atoms with Crippen LogP contribution in [-0.4, -0.2) is 5.21 Å². The number of anilines is 1. The molecule has 0 atom stereocenters. The molecule has 1 N–H and O–H groups in total. The zero-order valence-electron chi connectivity index (χ0n) is 7.14. The topological polar surface area (TPSA) is 46.5 Å². The molecule has 0 unspecified atom stereocenters. The van der Waals surface area contributed by atoms with Gasteiger partial charge in [0.05, 0.1) is 10.7 Å². The summed E-state index contributed by atoms with van der Waals surface area (Å²) in [6.07, 6.45) is 0. The molecule has 14 heavy (non-hydrogen) atoms. The Labute approximate surface area is 86.0 Å². The van der Waals surface area contributed by atoms with Gasteiger partial charge in [-0.2, -0.15) is 0 Å². The van der Waals surface area contributed by atoms with E-state index >= 15 is 0 Å². The fourth-order valence-corrected chi connectivity index (χ4v) is 1.68. The van der Waals surface area contributed by atoms with Crippen LogP contribution >= 0.6 is 11.6 Å². The molecule has 0 heterocycles. The van der Waals surface area contributed by atoms with E-state index in [-0.39, 0.29) is 10.9 Å². The van der Waals surface area contributed by atoms with Crippen molar-refractivity contribution in [2.24, 2.45) is 0 Å². The summed E-state index contributed by atoms with van der Waals surface area (Å²) in [7, 11) is 0. The van der Waals surface area contributed by atoms with Gasteiger partial charge in [-0.15, -0.1) is 0 Å². The van der Waals surface area contributed by atoms with Gasteiger partial charge in [0, 0.05) is 11.1 Å². The van der Waals surface area contributed by atoms with Crippen LogP contribution in [0.4, 0.5) is 5.69 Å². The molecule has 72 valence electrons. The Kier molecular flexibility index (Phi) is 2.29. The number of nitrogens with zero attached hydrogens (tertiary/aromatic N) is 1. The van der Waals surface area contributed by atoms with Crippen molar-refractivity contribution >= 4 is 17.3 Å². The molecule has 3 nitrogen and oxygen atoms in total. The third kappa shape index (κ3) is 1.42. The van der Waals surface area contributed by atoms with E-state index in [0.29, 0.717) is 10.6 Å². The Morgan fingerprint density at radius 3 is 2.43 bits per heavy atom. The van der Waals surface area contributed by atoms with Gasteiger partial charge in [-0.05, 0) is 6.07 Å². The highest BCUT2D eigenvalue weighted by atomic mass is 35.5. The van der Waals surface area contributed by atoms with E-state index in [0.717, 1.165) is 5.56 Å². The lowest BCUT2D eigenvalue weighted by atomic mass is 10.2. The highest BCUT2D eigenvalue weighted by Crippen LogP contribution is 2.39. The summed E-state index contributed by atoms with van der Waals surface area (Å²) < 4.78 is 0. The molecule has 0 saturated carbocycles. The maximum absolute atomic E-state index is 10.8. The second kappa shape index (κ2) is 3.46. The maximum atomic E-state index is 10.8. The summed E-state index contributed by atoms with van der Waals surface area (Å²) in [5, 5.41) is 19.9. The normalized spacial score (nSPS) is 10.5. The summed E-state index contributed by atoms with van der Waals surface area (Å²) in [5.41, 5.74) is 1.56. The van der Waals surface area contributed by atoms with Crippen LogP contribution in [0.15, 0.2) is 36.4 Å². The van der Waals surface area contributed by atoms with Crippen molar-refractivity contribution < 1.29 is 5.21 Å². The zero-order chi connectivity index (χ0) is 10.1. The number of rotatable bonds is 1. The van der Waals surface area contributed by atoms with E-state index in [1.54, 1.807) is 18.2 Å². The Balaban J connectivity index is 2.70. The van der Waals surface area contributed by atoms with Crippen molar-refractivity contribution in [3.63, 3.8) is 0 Å². The molecule has 4 heteroatoms. The molecule has 0 aliphatic heterocycles. The average molecular weight is 209 g/mol. The predicted molar refractivity (Wildman–Crippen MR) is 55.7 cm³/mol. The summed E-state index contributed by atoms with van der Waals surface area (Å²) in [6.45, 7) is 0. The smallest absolute Gasteiger partial charge is 0.0602 e. The van der Waals surface area contributed by atoms with Crippen molar-refractivity contribution in [1.82, 2.24) is 0 Å². The van der Waals surface area contributed by atoms with Crippen molar-refractivity contribution in [3.05, 3.63) is 46.6 Å². The molecular weight excluding hydrogens is 202 g/mol. The summed E-state index contributed by atoms with van der Waals surface area (Å²) in [5.74, 6) is 0. The summed E-state index contributed by atoms with van der Waals surface area (Å²) in [6, 6.07) is 10.4. The molecule has 0 amide bonds. The van der Waals surface area contributed by atoms with Crippen LogP contribution in [0.3, 0.4) is 0 Å². The Hall–Kier alpha value is -1.29. The lowest BCUT2D eigenvalue weighted by molar-refractivity contribution is 0.297. The first kappa shape index (κ1) is 9.27. The number of hydrogen-bond donors (Lipinski definition) is 1. The van der Waals surface area contributed by atoms with E-state index in [1.807, 2.05) is 12.1 Å². The van der Waals surface area contributed by atoms with Crippen LogP contribution in [0.5, 0.6) is 0 Å². The van der Waals surface area contributed by atoms with E-state index in [9.17, 15) is 5.21 Å². The molecule has 0 bridgehead atoms. The number of hydrogen-bond acceptors (Lipinski definition) is 3. The molecule has 2 aliphatic rings. The minimum Gasteiger partial charge on any atom is -0.733 e. The summed E-state index contributed by atoms with van der Waals surface area (Å²) >= 11 is 5.90. The van der Waals surface area contributed by atoms with Gasteiger partial charge in [-0.1, -0.05) is 41.9 Å². The van der Waals surface area contributed by atoms with Gasteiger partial charge in [-0.25, -0.2) is 0 Å². The Morgan fingerprint density at radius 2 is 1.79 bits per heavy atom. The summed E-state index contributed by atoms with van der Waals surface area (Å²) in [4.78, 5) is 0. The van der Waals surface area contributed by atoms with E-state index < -0.39 is 0 Å². The molecule has 0 aromatic carbocycles. The molecule has 0 spiro atoms. The first-order chi connectivity index (χ1) is 6.70. The molecule has 0 aromatic heterocycles. The van der Waals surface area contributed by atoms with Gasteiger partial charge >= 0.3 is 0 Å². The predicted octanol–water partition coefficient (Wildman–Crippen LogP) is 3.14. The second-order valence-electron chi connectivity index (χ2n) is 2.89. The third-order valence-electron chi connectivity index (χ3n) is 2.04. The van der Waals surface area contributed by atoms with Crippen LogP contribution in [-0.2, 0) is 0 Å². The third-order valence-corrected chi connectivity index (χ3v) is 2.35. The zero-order valence-corrected chi connectivity index (χ0v) is 7.90. The van der Waals surface area contributed by atoms with Crippen LogP contribution < -0.4 is 5.23 Å². The van der Waals surface area contributed by atoms with Gasteiger partial charge in [0.15, 0.2) is 0 Å². The Morgan fingerprint density at radius 1 is 1.14 bits per heavy atom. The monoisotopic (exact) mass is 208 g/mol. The second-order valence-corrected chi connectivity index (χ2v) is 3.30. The van der Waals surface area contributed by atoms with E-state index in [2.05, 4.69) is 0 Å². The lowest BCUT2D eigenvalue weighted by Crippen LogP contribution is -2.06. The van der Waals surface area contributed by atoms with Gasteiger partial charge < -0.3 is 10.4 Å². The SMILES string of the molecule is [O-]N(O)c1cc(Cl)c2cccccc1-2. The van der Waals surface area contributed by atoms with E-state index in [1.165, 1.54) is 6.07 Å². The standard InChI is InChI=1S/C10H7ClNO2/c11-9-6-10(12(13)14)8-5-3-1-2-4-7(8)9/h1-6,13H/q-1. The first-order valence-electron chi connectivity index (χ1n) is 4.03. The quantitative estimate of drug-likeness (QED) is 0.733. The maximum Gasteiger partial charge on any atom is 0.0602 e. The van der Waals surface area contributed by atoms with Crippen LogP contribution in [0.1, 0.15) is 0 Å². The van der Waals surface area contributed by atoms with Gasteiger partial charge in [0.2, 0.25) is 0 Å². The highest BCUT2D eigenvalue weighted by molar-refractivity contribution is 6.34. The minimum absolute atomic E-state index is 0.168. The number of fused-ring (bicyclic) bond motifs is 1.